The monoisotopic (exact) mass is 375 g/mol. The molecule has 8 heteroatoms. The minimum atomic E-state index is -3.75. The lowest BCUT2D eigenvalue weighted by Crippen LogP contribution is -2.13. The van der Waals surface area contributed by atoms with E-state index in [9.17, 15) is 8.42 Å². The van der Waals surface area contributed by atoms with Crippen molar-refractivity contribution in [2.24, 2.45) is 0 Å². The van der Waals surface area contributed by atoms with Crippen molar-refractivity contribution in [1.82, 2.24) is 4.98 Å². The molecule has 0 aliphatic heterocycles. The highest BCUT2D eigenvalue weighted by molar-refractivity contribution is 9.10. The third kappa shape index (κ3) is 3.23. The maximum absolute atomic E-state index is 12.2. The maximum Gasteiger partial charge on any atom is 0.263 e. The van der Waals surface area contributed by atoms with E-state index in [1.54, 1.807) is 18.2 Å². The molecule has 2 aromatic rings. The Balaban J connectivity index is 2.35. The summed E-state index contributed by atoms with van der Waals surface area (Å²) >= 11 is 9.14. The highest BCUT2D eigenvalue weighted by Gasteiger charge is 2.16. The third-order valence-corrected chi connectivity index (χ3v) is 5.11. The molecular weight excluding hydrogens is 366 g/mol. The van der Waals surface area contributed by atoms with E-state index in [2.05, 4.69) is 25.6 Å². The third-order valence-electron chi connectivity index (χ3n) is 2.57. The van der Waals surface area contributed by atoms with Gasteiger partial charge < -0.3 is 5.73 Å². The highest BCUT2D eigenvalue weighted by atomic mass is 79.9. The molecule has 1 aromatic heterocycles. The van der Waals surface area contributed by atoms with Crippen molar-refractivity contribution >= 4 is 49.1 Å². The van der Waals surface area contributed by atoms with Crippen LogP contribution in [-0.2, 0) is 10.0 Å². The molecule has 3 N–H and O–H groups in total. The lowest BCUT2D eigenvalue weighted by Gasteiger charge is -2.10. The Labute approximate surface area is 130 Å². The molecule has 0 aliphatic carbocycles. The standard InChI is InChI=1S/C12H11BrClN3O2S/c1-7-4-8(2-3-10(7)13)17-20(18,19)9-5-11(14)12(15)16-6-9/h2-6,17H,1H3,(H2,15,16). The lowest BCUT2D eigenvalue weighted by atomic mass is 10.2. The number of hydrogen-bond donors (Lipinski definition) is 2. The quantitative estimate of drug-likeness (QED) is 0.861. The number of sulfonamides is 1. The van der Waals surface area contributed by atoms with Crippen LogP contribution in [0.3, 0.4) is 0 Å². The molecule has 0 saturated heterocycles. The number of rotatable bonds is 3. The topological polar surface area (TPSA) is 85.1 Å². The number of anilines is 2. The van der Waals surface area contributed by atoms with Gasteiger partial charge in [-0.2, -0.15) is 0 Å². The first-order valence-electron chi connectivity index (χ1n) is 5.49. The van der Waals surface area contributed by atoms with Gasteiger partial charge in [-0.3, -0.25) is 4.72 Å². The molecule has 0 radical (unpaired) electrons. The molecule has 5 nitrogen and oxygen atoms in total. The normalized spacial score (nSPS) is 11.3. The molecule has 20 heavy (non-hydrogen) atoms. The largest absolute Gasteiger partial charge is 0.382 e. The van der Waals surface area contributed by atoms with Crippen LogP contribution >= 0.6 is 27.5 Å². The van der Waals surface area contributed by atoms with Gasteiger partial charge >= 0.3 is 0 Å². The summed E-state index contributed by atoms with van der Waals surface area (Å²) in [5.74, 6) is 0.0881. The fraction of sp³-hybridized carbons (Fsp3) is 0.0833. The van der Waals surface area contributed by atoms with Crippen molar-refractivity contribution in [3.63, 3.8) is 0 Å². The summed E-state index contributed by atoms with van der Waals surface area (Å²) in [6.07, 6.45) is 1.16. The summed E-state index contributed by atoms with van der Waals surface area (Å²) in [6.45, 7) is 1.86. The molecule has 2 rings (SSSR count). The average molecular weight is 377 g/mol. The zero-order valence-corrected chi connectivity index (χ0v) is 13.6. The van der Waals surface area contributed by atoms with E-state index < -0.39 is 10.0 Å². The van der Waals surface area contributed by atoms with Crippen LogP contribution in [-0.4, -0.2) is 13.4 Å². The van der Waals surface area contributed by atoms with E-state index in [4.69, 9.17) is 17.3 Å². The summed E-state index contributed by atoms with van der Waals surface area (Å²) in [6, 6.07) is 6.40. The SMILES string of the molecule is Cc1cc(NS(=O)(=O)c2cnc(N)c(Cl)c2)ccc1Br. The van der Waals surface area contributed by atoms with Crippen LogP contribution in [0.4, 0.5) is 11.5 Å². The van der Waals surface area contributed by atoms with Crippen molar-refractivity contribution < 1.29 is 8.42 Å². The number of benzene rings is 1. The van der Waals surface area contributed by atoms with E-state index in [1.807, 2.05) is 6.92 Å². The van der Waals surface area contributed by atoms with Crippen LogP contribution in [0.2, 0.25) is 5.02 Å². The van der Waals surface area contributed by atoms with Gasteiger partial charge in [-0.25, -0.2) is 13.4 Å². The Morgan fingerprint density at radius 3 is 2.65 bits per heavy atom. The highest BCUT2D eigenvalue weighted by Crippen LogP contribution is 2.24. The van der Waals surface area contributed by atoms with Crippen LogP contribution in [0.1, 0.15) is 5.56 Å². The number of nitrogens with zero attached hydrogens (tertiary/aromatic N) is 1. The number of nitrogens with two attached hydrogens (primary N) is 1. The van der Waals surface area contributed by atoms with Crippen LogP contribution in [0.25, 0.3) is 0 Å². The zero-order valence-electron chi connectivity index (χ0n) is 10.4. The molecule has 0 bridgehead atoms. The Hall–Kier alpha value is -1.31. The van der Waals surface area contributed by atoms with Gasteiger partial charge in [0.1, 0.15) is 10.7 Å². The summed E-state index contributed by atoms with van der Waals surface area (Å²) < 4.78 is 27.8. The second-order valence-corrected chi connectivity index (χ2v) is 7.05. The number of nitrogen functional groups attached to an aromatic ring is 1. The van der Waals surface area contributed by atoms with Gasteiger partial charge in [-0.15, -0.1) is 0 Å². The Bertz CT molecular complexity index is 765. The van der Waals surface area contributed by atoms with Gasteiger partial charge in [-0.1, -0.05) is 27.5 Å². The molecule has 0 unspecified atom stereocenters. The molecule has 106 valence electrons. The molecule has 0 amide bonds. The van der Waals surface area contributed by atoms with E-state index in [0.29, 0.717) is 5.69 Å². The van der Waals surface area contributed by atoms with Crippen molar-refractivity contribution in [2.45, 2.75) is 11.8 Å². The van der Waals surface area contributed by atoms with E-state index in [-0.39, 0.29) is 15.7 Å². The maximum atomic E-state index is 12.2. The van der Waals surface area contributed by atoms with E-state index in [0.717, 1.165) is 16.2 Å². The Kier molecular flexibility index (Phi) is 4.22. The molecular formula is C12H11BrClN3O2S. The molecule has 0 fully saturated rings. The van der Waals surface area contributed by atoms with Gasteiger partial charge in [0.05, 0.1) is 5.02 Å². The van der Waals surface area contributed by atoms with Gasteiger partial charge in [0, 0.05) is 16.4 Å². The number of aryl methyl sites for hydroxylation is 1. The number of aromatic nitrogens is 1. The first kappa shape index (κ1) is 15.1. The fourth-order valence-electron chi connectivity index (χ4n) is 1.50. The molecule has 0 aliphatic rings. The smallest absolute Gasteiger partial charge is 0.263 e. The van der Waals surface area contributed by atoms with Crippen molar-refractivity contribution in [3.8, 4) is 0 Å². The minimum Gasteiger partial charge on any atom is -0.382 e. The number of hydrogen-bond acceptors (Lipinski definition) is 4. The van der Waals surface area contributed by atoms with E-state index >= 15 is 0 Å². The summed E-state index contributed by atoms with van der Waals surface area (Å²) in [4.78, 5) is 3.69. The Morgan fingerprint density at radius 2 is 2.05 bits per heavy atom. The van der Waals surface area contributed by atoms with Crippen molar-refractivity contribution in [3.05, 3.63) is 45.5 Å². The number of pyridine rings is 1. The van der Waals surface area contributed by atoms with Gasteiger partial charge in [0.15, 0.2) is 0 Å². The van der Waals surface area contributed by atoms with Crippen LogP contribution in [0, 0.1) is 6.92 Å². The number of halogens is 2. The predicted octanol–water partition coefficient (Wildman–Crippen LogP) is 3.19. The van der Waals surface area contributed by atoms with E-state index in [1.165, 1.54) is 6.07 Å². The van der Waals surface area contributed by atoms with Crippen LogP contribution < -0.4 is 10.5 Å². The Morgan fingerprint density at radius 1 is 1.35 bits per heavy atom. The van der Waals surface area contributed by atoms with Crippen molar-refractivity contribution in [1.29, 1.82) is 0 Å². The average Bonchev–Trinajstić information content (AvgIpc) is 2.37. The molecule has 0 saturated carbocycles. The van der Waals surface area contributed by atoms with Crippen LogP contribution in [0.15, 0.2) is 39.8 Å². The van der Waals surface area contributed by atoms with Gasteiger partial charge in [0.2, 0.25) is 0 Å². The predicted molar refractivity (Wildman–Crippen MR) is 83.3 cm³/mol. The summed E-state index contributed by atoms with van der Waals surface area (Å²) in [5.41, 5.74) is 6.83. The van der Waals surface area contributed by atoms with Crippen molar-refractivity contribution in [2.75, 3.05) is 10.5 Å². The fourth-order valence-corrected chi connectivity index (χ4v) is 3.00. The zero-order chi connectivity index (χ0) is 14.9. The first-order valence-corrected chi connectivity index (χ1v) is 8.15. The lowest BCUT2D eigenvalue weighted by molar-refractivity contribution is 0.601. The summed E-state index contributed by atoms with van der Waals surface area (Å²) in [5, 5.41) is 0.0971. The second kappa shape index (κ2) is 5.59. The molecule has 0 atom stereocenters. The molecule has 0 spiro atoms. The second-order valence-electron chi connectivity index (χ2n) is 4.11. The molecule has 1 heterocycles. The summed E-state index contributed by atoms with van der Waals surface area (Å²) in [7, 11) is -3.75. The van der Waals surface area contributed by atoms with Gasteiger partial charge in [-0.05, 0) is 36.8 Å². The first-order chi connectivity index (χ1) is 9.29. The van der Waals surface area contributed by atoms with Crippen LogP contribution in [0.5, 0.6) is 0 Å². The molecule has 1 aromatic carbocycles. The number of nitrogens with one attached hydrogen (secondary N) is 1. The van der Waals surface area contributed by atoms with Gasteiger partial charge in [0.25, 0.3) is 10.0 Å². The minimum absolute atomic E-state index is 0.0442.